The number of hydrogen-bond acceptors (Lipinski definition) is 3. The van der Waals surface area contributed by atoms with Crippen molar-refractivity contribution in [2.45, 2.75) is 26.3 Å². The second-order valence-corrected chi connectivity index (χ2v) is 7.06. The SMILES string of the molecule is Cc1ccc(CC(C)Nc2ccc(Cl)cc2C(N)=S)s1. The predicted octanol–water partition coefficient (Wildman–Crippen LogP) is 4.39. The van der Waals surface area contributed by atoms with Gasteiger partial charge in [0.05, 0.1) is 0 Å². The fourth-order valence-electron chi connectivity index (χ4n) is 2.06. The molecule has 1 heterocycles. The lowest BCUT2D eigenvalue weighted by atomic mass is 10.1. The Morgan fingerprint density at radius 3 is 2.75 bits per heavy atom. The molecule has 2 rings (SSSR count). The van der Waals surface area contributed by atoms with Crippen LogP contribution >= 0.6 is 35.2 Å². The second-order valence-electron chi connectivity index (χ2n) is 4.82. The minimum absolute atomic E-state index is 0.294. The minimum Gasteiger partial charge on any atom is -0.389 e. The van der Waals surface area contributed by atoms with Crippen molar-refractivity contribution in [1.29, 1.82) is 0 Å². The van der Waals surface area contributed by atoms with Crippen LogP contribution in [-0.4, -0.2) is 11.0 Å². The molecule has 1 aromatic carbocycles. The number of halogens is 1. The Labute approximate surface area is 134 Å². The van der Waals surface area contributed by atoms with Crippen LogP contribution in [0.5, 0.6) is 0 Å². The molecule has 0 spiro atoms. The van der Waals surface area contributed by atoms with E-state index < -0.39 is 0 Å². The van der Waals surface area contributed by atoms with Gasteiger partial charge >= 0.3 is 0 Å². The van der Waals surface area contributed by atoms with E-state index in [9.17, 15) is 0 Å². The molecule has 0 saturated heterocycles. The third-order valence-corrected chi connectivity index (χ3v) is 4.43. The van der Waals surface area contributed by atoms with Gasteiger partial charge in [0.25, 0.3) is 0 Å². The highest BCUT2D eigenvalue weighted by Crippen LogP contribution is 2.23. The number of nitrogens with one attached hydrogen (secondary N) is 1. The Hall–Kier alpha value is -1.10. The van der Waals surface area contributed by atoms with Crippen LogP contribution in [0.3, 0.4) is 0 Å². The number of aryl methyl sites for hydroxylation is 1. The highest BCUT2D eigenvalue weighted by Gasteiger charge is 2.10. The summed E-state index contributed by atoms with van der Waals surface area (Å²) in [6, 6.07) is 10.2. The Kier molecular flexibility index (Phi) is 5.02. The predicted molar refractivity (Wildman–Crippen MR) is 93.2 cm³/mol. The summed E-state index contributed by atoms with van der Waals surface area (Å²) in [5.74, 6) is 0. The van der Waals surface area contributed by atoms with Crippen molar-refractivity contribution >= 4 is 45.8 Å². The molecule has 106 valence electrons. The topological polar surface area (TPSA) is 38.0 Å². The Balaban J connectivity index is 2.11. The second kappa shape index (κ2) is 6.57. The van der Waals surface area contributed by atoms with Crippen molar-refractivity contribution < 1.29 is 0 Å². The zero-order chi connectivity index (χ0) is 14.7. The van der Waals surface area contributed by atoms with Gasteiger partial charge in [-0.25, -0.2) is 0 Å². The Morgan fingerprint density at radius 2 is 2.15 bits per heavy atom. The summed E-state index contributed by atoms with van der Waals surface area (Å²) in [5.41, 5.74) is 7.48. The molecule has 1 unspecified atom stereocenters. The molecule has 0 aliphatic heterocycles. The molecule has 0 aliphatic rings. The average Bonchev–Trinajstić information content (AvgIpc) is 2.76. The largest absolute Gasteiger partial charge is 0.389 e. The van der Waals surface area contributed by atoms with Gasteiger partial charge < -0.3 is 11.1 Å². The van der Waals surface area contributed by atoms with Gasteiger partial charge in [0, 0.05) is 38.5 Å². The summed E-state index contributed by atoms with van der Waals surface area (Å²) < 4.78 is 0. The molecule has 0 saturated carbocycles. The average molecular weight is 325 g/mol. The van der Waals surface area contributed by atoms with Gasteiger partial charge in [-0.15, -0.1) is 11.3 Å². The van der Waals surface area contributed by atoms with Gasteiger partial charge in [-0.3, -0.25) is 0 Å². The molecular formula is C15H17ClN2S2. The van der Waals surface area contributed by atoms with Crippen LogP contribution in [0.15, 0.2) is 30.3 Å². The molecule has 2 aromatic rings. The van der Waals surface area contributed by atoms with E-state index in [0.717, 1.165) is 17.7 Å². The molecule has 0 aliphatic carbocycles. The van der Waals surface area contributed by atoms with Gasteiger partial charge in [-0.1, -0.05) is 23.8 Å². The molecule has 20 heavy (non-hydrogen) atoms. The third-order valence-electron chi connectivity index (χ3n) is 2.95. The van der Waals surface area contributed by atoms with Crippen molar-refractivity contribution in [2.75, 3.05) is 5.32 Å². The van der Waals surface area contributed by atoms with Crippen LogP contribution in [0.4, 0.5) is 5.69 Å². The Bertz CT molecular complexity index is 622. The number of nitrogens with two attached hydrogens (primary N) is 1. The first-order valence-electron chi connectivity index (χ1n) is 6.37. The first kappa shape index (κ1) is 15.3. The number of benzene rings is 1. The summed E-state index contributed by atoms with van der Waals surface area (Å²) in [7, 11) is 0. The van der Waals surface area contributed by atoms with Gasteiger partial charge in [-0.2, -0.15) is 0 Å². The number of thiocarbonyl (C=S) groups is 1. The maximum atomic E-state index is 5.99. The van der Waals surface area contributed by atoms with Crippen LogP contribution in [-0.2, 0) is 6.42 Å². The lowest BCUT2D eigenvalue weighted by Crippen LogP contribution is -2.21. The normalized spacial score (nSPS) is 12.2. The minimum atomic E-state index is 0.294. The molecule has 0 radical (unpaired) electrons. The maximum Gasteiger partial charge on any atom is 0.106 e. The van der Waals surface area contributed by atoms with Crippen molar-refractivity contribution in [3.63, 3.8) is 0 Å². The molecule has 0 fully saturated rings. The summed E-state index contributed by atoms with van der Waals surface area (Å²) in [4.78, 5) is 3.06. The van der Waals surface area contributed by atoms with Crippen LogP contribution in [0.1, 0.15) is 22.2 Å². The smallest absolute Gasteiger partial charge is 0.106 e. The van der Waals surface area contributed by atoms with Crippen molar-refractivity contribution in [2.24, 2.45) is 5.73 Å². The summed E-state index contributed by atoms with van der Waals surface area (Å²) in [5, 5.41) is 4.10. The fourth-order valence-corrected chi connectivity index (χ4v) is 3.42. The standard InChI is InChI=1S/C15H17ClN2S2/c1-9(7-12-5-3-10(2)20-12)18-14-6-4-11(16)8-13(14)15(17)19/h3-6,8-9,18H,7H2,1-2H3,(H2,17,19). The zero-order valence-electron chi connectivity index (χ0n) is 11.4. The molecule has 1 aromatic heterocycles. The zero-order valence-corrected chi connectivity index (χ0v) is 13.8. The molecule has 5 heteroatoms. The summed E-state index contributed by atoms with van der Waals surface area (Å²) in [6.07, 6.45) is 0.970. The monoisotopic (exact) mass is 324 g/mol. The van der Waals surface area contributed by atoms with Gasteiger partial charge in [0.2, 0.25) is 0 Å². The van der Waals surface area contributed by atoms with Gasteiger partial charge in [0.1, 0.15) is 4.99 Å². The summed E-state index contributed by atoms with van der Waals surface area (Å²) in [6.45, 7) is 4.27. The van der Waals surface area contributed by atoms with E-state index >= 15 is 0 Å². The Morgan fingerprint density at radius 1 is 1.40 bits per heavy atom. The molecule has 1 atom stereocenters. The maximum absolute atomic E-state index is 5.99. The molecule has 0 amide bonds. The lowest BCUT2D eigenvalue weighted by molar-refractivity contribution is 0.800. The van der Waals surface area contributed by atoms with Crippen LogP contribution in [0.25, 0.3) is 0 Å². The highest BCUT2D eigenvalue weighted by atomic mass is 35.5. The molecule has 3 N–H and O–H groups in total. The molecule has 0 bridgehead atoms. The van der Waals surface area contributed by atoms with E-state index in [1.807, 2.05) is 23.5 Å². The van der Waals surface area contributed by atoms with Crippen molar-refractivity contribution in [3.05, 3.63) is 50.7 Å². The van der Waals surface area contributed by atoms with Crippen LogP contribution in [0.2, 0.25) is 5.02 Å². The van der Waals surface area contributed by atoms with Gasteiger partial charge in [0.15, 0.2) is 0 Å². The van der Waals surface area contributed by atoms with E-state index in [-0.39, 0.29) is 0 Å². The number of anilines is 1. The van der Waals surface area contributed by atoms with Crippen LogP contribution in [0, 0.1) is 6.92 Å². The molecule has 2 nitrogen and oxygen atoms in total. The van der Waals surface area contributed by atoms with Crippen molar-refractivity contribution in [3.8, 4) is 0 Å². The van der Waals surface area contributed by atoms with E-state index in [2.05, 4.69) is 31.3 Å². The summed E-state index contributed by atoms with van der Waals surface area (Å²) >= 11 is 12.9. The third kappa shape index (κ3) is 3.95. The highest BCUT2D eigenvalue weighted by molar-refractivity contribution is 7.80. The fraction of sp³-hybridized carbons (Fsp3) is 0.267. The molecular weight excluding hydrogens is 308 g/mol. The lowest BCUT2D eigenvalue weighted by Gasteiger charge is -2.17. The number of hydrogen-bond donors (Lipinski definition) is 2. The van der Waals surface area contributed by atoms with E-state index in [1.54, 1.807) is 6.07 Å². The van der Waals surface area contributed by atoms with Gasteiger partial charge in [-0.05, 0) is 44.2 Å². The number of thiophene rings is 1. The van der Waals surface area contributed by atoms with Crippen molar-refractivity contribution in [1.82, 2.24) is 0 Å². The first-order valence-corrected chi connectivity index (χ1v) is 7.97. The van der Waals surface area contributed by atoms with Crippen LogP contribution < -0.4 is 11.1 Å². The number of rotatable bonds is 5. The van der Waals surface area contributed by atoms with E-state index in [1.165, 1.54) is 9.75 Å². The van der Waals surface area contributed by atoms with E-state index in [0.29, 0.717) is 16.1 Å². The quantitative estimate of drug-likeness (QED) is 0.801. The first-order chi connectivity index (χ1) is 9.45. The van der Waals surface area contributed by atoms with E-state index in [4.69, 9.17) is 29.6 Å².